The number of carbonyl (C=O) groups is 2. The van der Waals surface area contributed by atoms with Crippen LogP contribution in [0.1, 0.15) is 6.42 Å². The number of Topliss-reactive ketones (excluding diaryl/α,β-unsaturated/α-hetero) is 2. The smallest absolute Gasteiger partial charge is 0.231 e. The van der Waals surface area contributed by atoms with Crippen LogP contribution in [0, 0.1) is 24.7 Å². The van der Waals surface area contributed by atoms with Crippen molar-refractivity contribution in [2.24, 2.45) is 0 Å². The molecule has 2 atom stereocenters. The van der Waals surface area contributed by atoms with Crippen LogP contribution >= 0.6 is 23.2 Å². The highest BCUT2D eigenvalue weighted by atomic mass is 35.5. The number of alkyl halides is 2. The second-order valence-electron chi connectivity index (χ2n) is 3.78. The van der Waals surface area contributed by atoms with Crippen LogP contribution in [0.25, 0.3) is 0 Å². The van der Waals surface area contributed by atoms with Crippen molar-refractivity contribution in [3.8, 4) is 24.7 Å². The zero-order valence-electron chi connectivity index (χ0n) is 9.90. The lowest BCUT2D eigenvalue weighted by Crippen LogP contribution is -2.26. The first-order valence-electron chi connectivity index (χ1n) is 5.37. The van der Waals surface area contributed by atoms with Gasteiger partial charge in [0.2, 0.25) is 11.6 Å². The normalized spacial score (nSPS) is 17.1. The Labute approximate surface area is 122 Å². The van der Waals surface area contributed by atoms with Crippen molar-refractivity contribution in [1.82, 2.24) is 0 Å². The standard InChI is InChI=1S/C15H10Cl2O2/c1-3-12(18)10-7-5-6-8-11(9-10)14(16)15(17)13(19)4-2/h1-2,5-8,14-15H,9H2. The Morgan fingerprint density at radius 1 is 1.16 bits per heavy atom. The van der Waals surface area contributed by atoms with Gasteiger partial charge in [-0.2, -0.15) is 0 Å². The molecule has 1 aliphatic carbocycles. The SMILES string of the molecule is C#CC(=O)C1=CC=CC=C(C(Cl)C(Cl)C(=O)C#C)C1. The largest absolute Gasteiger partial charge is 0.283 e. The molecule has 0 saturated heterocycles. The van der Waals surface area contributed by atoms with E-state index in [0.29, 0.717) is 11.1 Å². The van der Waals surface area contributed by atoms with Gasteiger partial charge < -0.3 is 0 Å². The molecule has 0 N–H and O–H groups in total. The molecule has 0 aliphatic heterocycles. The van der Waals surface area contributed by atoms with Gasteiger partial charge in [0.05, 0.1) is 5.38 Å². The summed E-state index contributed by atoms with van der Waals surface area (Å²) >= 11 is 12.0. The summed E-state index contributed by atoms with van der Waals surface area (Å²) in [6.45, 7) is 0. The van der Waals surface area contributed by atoms with E-state index in [1.165, 1.54) is 0 Å². The van der Waals surface area contributed by atoms with Crippen molar-refractivity contribution in [3.05, 3.63) is 35.5 Å². The molecule has 0 fully saturated rings. The molecule has 0 bridgehead atoms. The summed E-state index contributed by atoms with van der Waals surface area (Å²) in [5, 5.41) is -1.83. The number of carbonyl (C=O) groups excluding carboxylic acids is 2. The molecule has 1 aliphatic rings. The van der Waals surface area contributed by atoms with Crippen LogP contribution in [0.5, 0.6) is 0 Å². The third kappa shape index (κ3) is 3.86. The van der Waals surface area contributed by atoms with E-state index in [-0.39, 0.29) is 6.42 Å². The molecule has 0 radical (unpaired) electrons. The summed E-state index contributed by atoms with van der Waals surface area (Å²) < 4.78 is 0. The number of hydrogen-bond acceptors (Lipinski definition) is 2. The summed E-state index contributed by atoms with van der Waals surface area (Å²) in [7, 11) is 0. The zero-order chi connectivity index (χ0) is 14.4. The highest BCUT2D eigenvalue weighted by molar-refractivity contribution is 6.40. The molecule has 2 unspecified atom stereocenters. The van der Waals surface area contributed by atoms with Crippen LogP contribution in [-0.4, -0.2) is 22.3 Å². The van der Waals surface area contributed by atoms with Crippen molar-refractivity contribution in [1.29, 1.82) is 0 Å². The summed E-state index contributed by atoms with van der Waals surface area (Å²) in [6.07, 6.45) is 17.0. The molecule has 0 saturated carbocycles. The van der Waals surface area contributed by atoms with Crippen LogP contribution in [0.15, 0.2) is 35.5 Å². The Balaban J connectivity index is 2.95. The average molecular weight is 293 g/mol. The molecule has 0 aromatic heterocycles. The zero-order valence-corrected chi connectivity index (χ0v) is 11.4. The lowest BCUT2D eigenvalue weighted by Gasteiger charge is -2.16. The van der Waals surface area contributed by atoms with E-state index in [9.17, 15) is 9.59 Å². The first-order chi connectivity index (χ1) is 9.01. The van der Waals surface area contributed by atoms with Crippen molar-refractivity contribution in [2.45, 2.75) is 17.2 Å². The highest BCUT2D eigenvalue weighted by Crippen LogP contribution is 2.27. The van der Waals surface area contributed by atoms with Gasteiger partial charge in [-0.25, -0.2) is 0 Å². The third-order valence-corrected chi connectivity index (χ3v) is 3.65. The van der Waals surface area contributed by atoms with E-state index in [0.717, 1.165) is 0 Å². The minimum absolute atomic E-state index is 0.241. The van der Waals surface area contributed by atoms with E-state index < -0.39 is 22.3 Å². The molecule has 0 aromatic rings. The molecule has 1 rings (SSSR count). The first kappa shape index (κ1) is 15.3. The lowest BCUT2D eigenvalue weighted by molar-refractivity contribution is -0.113. The fraction of sp³-hybridized carbons (Fsp3) is 0.200. The molecule has 0 spiro atoms. The van der Waals surface area contributed by atoms with Crippen molar-refractivity contribution in [2.75, 3.05) is 0 Å². The van der Waals surface area contributed by atoms with Crippen LogP contribution in [0.3, 0.4) is 0 Å². The van der Waals surface area contributed by atoms with Crippen molar-refractivity contribution in [3.63, 3.8) is 0 Å². The predicted molar refractivity (Wildman–Crippen MR) is 76.9 cm³/mol. The minimum Gasteiger partial charge on any atom is -0.283 e. The molecule has 0 aromatic carbocycles. The van der Waals surface area contributed by atoms with Crippen LogP contribution in [0.4, 0.5) is 0 Å². The number of halogens is 2. The fourth-order valence-corrected chi connectivity index (χ4v) is 2.02. The Bertz CT molecular complexity index is 568. The number of hydrogen-bond donors (Lipinski definition) is 0. The van der Waals surface area contributed by atoms with E-state index in [2.05, 4.69) is 0 Å². The second-order valence-corrected chi connectivity index (χ2v) is 4.72. The first-order valence-corrected chi connectivity index (χ1v) is 6.24. The monoisotopic (exact) mass is 292 g/mol. The molecule has 0 heterocycles. The summed E-state index contributed by atoms with van der Waals surface area (Å²) in [6, 6.07) is 0. The summed E-state index contributed by atoms with van der Waals surface area (Å²) in [5.74, 6) is 2.96. The Kier molecular flexibility index (Phi) is 5.64. The van der Waals surface area contributed by atoms with E-state index in [4.69, 9.17) is 36.0 Å². The number of allylic oxidation sites excluding steroid dienone is 6. The highest BCUT2D eigenvalue weighted by Gasteiger charge is 2.27. The molecule has 0 amide bonds. The van der Waals surface area contributed by atoms with E-state index in [1.807, 2.05) is 11.8 Å². The van der Waals surface area contributed by atoms with Gasteiger partial charge in [0.1, 0.15) is 5.38 Å². The van der Waals surface area contributed by atoms with E-state index in [1.54, 1.807) is 24.3 Å². The van der Waals surface area contributed by atoms with Gasteiger partial charge >= 0.3 is 0 Å². The van der Waals surface area contributed by atoms with Crippen molar-refractivity contribution < 1.29 is 9.59 Å². The average Bonchev–Trinajstić information content (AvgIpc) is 2.69. The number of terminal acetylenes is 2. The maximum Gasteiger partial charge on any atom is 0.231 e. The molecule has 4 heteroatoms. The third-order valence-electron chi connectivity index (χ3n) is 2.54. The second kappa shape index (κ2) is 7.00. The van der Waals surface area contributed by atoms with Gasteiger partial charge in [-0.05, 0) is 23.8 Å². The quantitative estimate of drug-likeness (QED) is 0.453. The van der Waals surface area contributed by atoms with Gasteiger partial charge in [-0.3, -0.25) is 9.59 Å². The molecular formula is C15H10Cl2O2. The fourth-order valence-electron chi connectivity index (χ4n) is 1.53. The van der Waals surface area contributed by atoms with Gasteiger partial charge in [-0.1, -0.05) is 24.3 Å². The topological polar surface area (TPSA) is 34.1 Å². The van der Waals surface area contributed by atoms with Gasteiger partial charge in [0, 0.05) is 5.57 Å². The maximum atomic E-state index is 11.5. The van der Waals surface area contributed by atoms with Crippen LogP contribution in [-0.2, 0) is 9.59 Å². The molecule has 2 nitrogen and oxygen atoms in total. The van der Waals surface area contributed by atoms with Crippen LogP contribution < -0.4 is 0 Å². The Morgan fingerprint density at radius 3 is 2.37 bits per heavy atom. The summed E-state index contributed by atoms with van der Waals surface area (Å²) in [4.78, 5) is 22.8. The Morgan fingerprint density at radius 2 is 1.79 bits per heavy atom. The molecule has 96 valence electrons. The lowest BCUT2D eigenvalue weighted by atomic mass is 9.97. The maximum absolute atomic E-state index is 11.5. The van der Waals surface area contributed by atoms with Gasteiger partial charge in [-0.15, -0.1) is 36.0 Å². The van der Waals surface area contributed by atoms with Crippen molar-refractivity contribution >= 4 is 34.8 Å². The molecule has 19 heavy (non-hydrogen) atoms. The summed E-state index contributed by atoms with van der Waals surface area (Å²) in [5.41, 5.74) is 1.04. The molecular weight excluding hydrogens is 283 g/mol. The van der Waals surface area contributed by atoms with Crippen LogP contribution in [0.2, 0.25) is 0 Å². The number of rotatable bonds is 4. The van der Waals surface area contributed by atoms with E-state index >= 15 is 0 Å². The van der Waals surface area contributed by atoms with Gasteiger partial charge in [0.25, 0.3) is 0 Å². The predicted octanol–water partition coefficient (Wildman–Crippen LogP) is 2.42. The minimum atomic E-state index is -1.04. The van der Waals surface area contributed by atoms with Gasteiger partial charge in [0.15, 0.2) is 0 Å². The Hall–Kier alpha value is -1.74. The number of ketones is 2.